The summed E-state index contributed by atoms with van der Waals surface area (Å²) in [5.74, 6) is 0.0332. The average Bonchev–Trinajstić information content (AvgIpc) is 2.79. The summed E-state index contributed by atoms with van der Waals surface area (Å²) < 4.78 is 5.63. The SMILES string of the molecule is Cl.NC1(C(=O)NCCC2CCCCO2)CCCC1. The molecule has 1 unspecified atom stereocenters. The van der Waals surface area contributed by atoms with Gasteiger partial charge in [0.15, 0.2) is 0 Å². The second kappa shape index (κ2) is 7.31. The van der Waals surface area contributed by atoms with Crippen molar-refractivity contribution in [3.05, 3.63) is 0 Å². The number of hydrogen-bond acceptors (Lipinski definition) is 3. The van der Waals surface area contributed by atoms with E-state index in [-0.39, 0.29) is 18.3 Å². The maximum atomic E-state index is 11.9. The Balaban J connectivity index is 0.00000162. The summed E-state index contributed by atoms with van der Waals surface area (Å²) >= 11 is 0. The molecule has 0 bridgehead atoms. The first-order valence-electron chi connectivity index (χ1n) is 6.89. The zero-order valence-corrected chi connectivity index (χ0v) is 11.8. The van der Waals surface area contributed by atoms with Crippen LogP contribution in [0.2, 0.25) is 0 Å². The van der Waals surface area contributed by atoms with E-state index in [2.05, 4.69) is 5.32 Å². The zero-order valence-electron chi connectivity index (χ0n) is 11.0. The Bertz CT molecular complexity index is 262. The van der Waals surface area contributed by atoms with Crippen LogP contribution in [0.3, 0.4) is 0 Å². The molecule has 18 heavy (non-hydrogen) atoms. The number of carbonyl (C=O) groups is 1. The minimum Gasteiger partial charge on any atom is -0.378 e. The van der Waals surface area contributed by atoms with E-state index in [0.717, 1.165) is 45.1 Å². The Morgan fingerprint density at radius 3 is 2.61 bits per heavy atom. The highest BCUT2D eigenvalue weighted by molar-refractivity contribution is 5.86. The molecule has 2 rings (SSSR count). The van der Waals surface area contributed by atoms with E-state index >= 15 is 0 Å². The molecule has 0 aromatic rings. The Hall–Kier alpha value is -0.320. The molecule has 2 aliphatic rings. The molecule has 3 N–H and O–H groups in total. The Kier molecular flexibility index (Phi) is 6.39. The largest absolute Gasteiger partial charge is 0.378 e. The van der Waals surface area contributed by atoms with Crippen LogP contribution in [-0.4, -0.2) is 30.7 Å². The van der Waals surface area contributed by atoms with Gasteiger partial charge in [-0.25, -0.2) is 0 Å². The van der Waals surface area contributed by atoms with Gasteiger partial charge in [-0.2, -0.15) is 0 Å². The molecule has 1 aliphatic carbocycles. The second-order valence-electron chi connectivity index (χ2n) is 5.40. The molecular formula is C13H25ClN2O2. The summed E-state index contributed by atoms with van der Waals surface area (Å²) in [4.78, 5) is 11.9. The zero-order chi connectivity index (χ0) is 12.1. The van der Waals surface area contributed by atoms with Gasteiger partial charge in [0.1, 0.15) is 0 Å². The molecule has 0 radical (unpaired) electrons. The van der Waals surface area contributed by atoms with Crippen molar-refractivity contribution in [1.29, 1.82) is 0 Å². The van der Waals surface area contributed by atoms with E-state index in [1.165, 1.54) is 12.8 Å². The predicted octanol–water partition coefficient (Wildman–Crippen LogP) is 1.76. The number of ether oxygens (including phenoxy) is 1. The minimum absolute atomic E-state index is 0. The summed E-state index contributed by atoms with van der Waals surface area (Å²) in [7, 11) is 0. The lowest BCUT2D eigenvalue weighted by atomic mass is 9.98. The number of hydrogen-bond donors (Lipinski definition) is 2. The third-order valence-corrected chi connectivity index (χ3v) is 3.97. The Morgan fingerprint density at radius 1 is 1.28 bits per heavy atom. The molecule has 0 aromatic carbocycles. The molecule has 0 aromatic heterocycles. The minimum atomic E-state index is -0.590. The molecule has 0 spiro atoms. The van der Waals surface area contributed by atoms with Crippen molar-refractivity contribution in [3.8, 4) is 0 Å². The highest BCUT2D eigenvalue weighted by atomic mass is 35.5. The van der Waals surface area contributed by atoms with E-state index in [0.29, 0.717) is 12.6 Å². The van der Waals surface area contributed by atoms with E-state index in [4.69, 9.17) is 10.5 Å². The fourth-order valence-electron chi connectivity index (χ4n) is 2.79. The summed E-state index contributed by atoms with van der Waals surface area (Å²) in [5, 5.41) is 2.97. The summed E-state index contributed by atoms with van der Waals surface area (Å²) in [6.07, 6.45) is 8.63. The molecule has 5 heteroatoms. The summed E-state index contributed by atoms with van der Waals surface area (Å²) in [5.41, 5.74) is 5.49. The average molecular weight is 277 g/mol. The van der Waals surface area contributed by atoms with Crippen LogP contribution in [-0.2, 0) is 9.53 Å². The van der Waals surface area contributed by atoms with Gasteiger partial charge in [0, 0.05) is 13.2 Å². The summed E-state index contributed by atoms with van der Waals surface area (Å²) in [6, 6.07) is 0. The van der Waals surface area contributed by atoms with Gasteiger partial charge in [-0.1, -0.05) is 12.8 Å². The first-order valence-corrected chi connectivity index (χ1v) is 6.89. The van der Waals surface area contributed by atoms with Gasteiger partial charge in [0.25, 0.3) is 0 Å². The molecular weight excluding hydrogens is 252 g/mol. The van der Waals surface area contributed by atoms with Gasteiger partial charge < -0.3 is 15.8 Å². The number of nitrogens with two attached hydrogens (primary N) is 1. The van der Waals surface area contributed by atoms with Crippen LogP contribution in [0.4, 0.5) is 0 Å². The third-order valence-electron chi connectivity index (χ3n) is 3.97. The number of amides is 1. The van der Waals surface area contributed by atoms with Crippen molar-refractivity contribution in [2.75, 3.05) is 13.2 Å². The van der Waals surface area contributed by atoms with Gasteiger partial charge in [-0.3, -0.25) is 4.79 Å². The number of nitrogens with one attached hydrogen (secondary N) is 1. The maximum Gasteiger partial charge on any atom is 0.240 e. The number of halogens is 1. The van der Waals surface area contributed by atoms with Crippen molar-refractivity contribution in [2.24, 2.45) is 5.73 Å². The van der Waals surface area contributed by atoms with Crippen LogP contribution >= 0.6 is 12.4 Å². The fourth-order valence-corrected chi connectivity index (χ4v) is 2.79. The number of carbonyl (C=O) groups excluding carboxylic acids is 1. The van der Waals surface area contributed by atoms with Crippen LogP contribution in [0, 0.1) is 0 Å². The molecule has 1 heterocycles. The lowest BCUT2D eigenvalue weighted by molar-refractivity contribution is -0.126. The van der Waals surface area contributed by atoms with E-state index in [9.17, 15) is 4.79 Å². The van der Waals surface area contributed by atoms with Crippen LogP contribution in [0.5, 0.6) is 0 Å². The topological polar surface area (TPSA) is 64.4 Å². The lowest BCUT2D eigenvalue weighted by Gasteiger charge is -2.25. The van der Waals surface area contributed by atoms with Crippen LogP contribution < -0.4 is 11.1 Å². The third kappa shape index (κ3) is 4.11. The normalized spacial score (nSPS) is 26.4. The Morgan fingerprint density at radius 2 is 2.00 bits per heavy atom. The highest BCUT2D eigenvalue weighted by Crippen LogP contribution is 2.27. The standard InChI is InChI=1S/C13H24N2O2.ClH/c14-13(7-2-3-8-13)12(16)15-9-6-11-5-1-4-10-17-11;/h11H,1-10,14H2,(H,15,16);1H. The van der Waals surface area contributed by atoms with E-state index < -0.39 is 5.54 Å². The molecule has 1 saturated heterocycles. The smallest absolute Gasteiger partial charge is 0.240 e. The first kappa shape index (κ1) is 15.7. The maximum absolute atomic E-state index is 11.9. The van der Waals surface area contributed by atoms with Crippen molar-refractivity contribution in [3.63, 3.8) is 0 Å². The fraction of sp³-hybridized carbons (Fsp3) is 0.923. The van der Waals surface area contributed by atoms with Crippen molar-refractivity contribution in [2.45, 2.75) is 63.0 Å². The molecule has 4 nitrogen and oxygen atoms in total. The molecule has 1 atom stereocenters. The van der Waals surface area contributed by atoms with Crippen LogP contribution in [0.1, 0.15) is 51.4 Å². The van der Waals surface area contributed by atoms with Gasteiger partial charge in [-0.15, -0.1) is 12.4 Å². The van der Waals surface area contributed by atoms with Crippen LogP contribution in [0.25, 0.3) is 0 Å². The van der Waals surface area contributed by atoms with Gasteiger partial charge >= 0.3 is 0 Å². The van der Waals surface area contributed by atoms with Crippen molar-refractivity contribution < 1.29 is 9.53 Å². The monoisotopic (exact) mass is 276 g/mol. The second-order valence-corrected chi connectivity index (χ2v) is 5.40. The Labute approximate surface area is 115 Å². The van der Waals surface area contributed by atoms with E-state index in [1.54, 1.807) is 0 Å². The highest BCUT2D eigenvalue weighted by Gasteiger charge is 2.36. The molecule has 1 aliphatic heterocycles. The van der Waals surface area contributed by atoms with Gasteiger partial charge in [-0.05, 0) is 38.5 Å². The first-order chi connectivity index (χ1) is 8.21. The van der Waals surface area contributed by atoms with Crippen molar-refractivity contribution >= 4 is 18.3 Å². The van der Waals surface area contributed by atoms with Gasteiger partial charge in [0.2, 0.25) is 5.91 Å². The predicted molar refractivity (Wildman–Crippen MR) is 73.9 cm³/mol. The van der Waals surface area contributed by atoms with E-state index in [1.807, 2.05) is 0 Å². The quantitative estimate of drug-likeness (QED) is 0.822. The number of rotatable bonds is 4. The molecule has 1 saturated carbocycles. The summed E-state index contributed by atoms with van der Waals surface area (Å²) in [6.45, 7) is 1.57. The van der Waals surface area contributed by atoms with Crippen LogP contribution in [0.15, 0.2) is 0 Å². The molecule has 106 valence electrons. The molecule has 2 fully saturated rings. The van der Waals surface area contributed by atoms with Crippen molar-refractivity contribution in [1.82, 2.24) is 5.32 Å². The molecule has 1 amide bonds. The van der Waals surface area contributed by atoms with Gasteiger partial charge in [0.05, 0.1) is 11.6 Å². The lowest BCUT2D eigenvalue weighted by Crippen LogP contribution is -2.52.